The zero-order valence-electron chi connectivity index (χ0n) is 11.5. The van der Waals surface area contributed by atoms with Crippen LogP contribution in [-0.4, -0.2) is 24.2 Å². The highest BCUT2D eigenvalue weighted by atomic mass is 19.1. The first-order chi connectivity index (χ1) is 9.58. The number of halogens is 1. The molecular formula is C14H19FN2O3. The Hall–Kier alpha value is -1.69. The lowest BCUT2D eigenvalue weighted by Gasteiger charge is -2.22. The second-order valence-electron chi connectivity index (χ2n) is 5.08. The average molecular weight is 282 g/mol. The van der Waals surface area contributed by atoms with Crippen LogP contribution in [0.3, 0.4) is 0 Å². The van der Waals surface area contributed by atoms with Gasteiger partial charge in [-0.25, -0.2) is 4.39 Å². The topological polar surface area (TPSA) is 64.4 Å². The third-order valence-corrected chi connectivity index (χ3v) is 3.53. The third-order valence-electron chi connectivity index (χ3n) is 3.53. The molecule has 0 amide bonds. The maximum Gasteiger partial charge on any atom is 0.295 e. The summed E-state index contributed by atoms with van der Waals surface area (Å²) in [6.07, 6.45) is 4.32. The molecule has 1 aromatic carbocycles. The van der Waals surface area contributed by atoms with Crippen molar-refractivity contribution >= 4 is 11.4 Å². The molecular weight excluding hydrogens is 263 g/mol. The van der Waals surface area contributed by atoms with E-state index in [4.69, 9.17) is 4.74 Å². The molecule has 1 heterocycles. The van der Waals surface area contributed by atoms with Crippen molar-refractivity contribution in [1.29, 1.82) is 0 Å². The highest BCUT2D eigenvalue weighted by molar-refractivity contribution is 5.63. The molecule has 0 aromatic heterocycles. The van der Waals surface area contributed by atoms with Crippen LogP contribution in [-0.2, 0) is 4.74 Å². The Kier molecular flexibility index (Phi) is 4.89. The normalized spacial score (nSPS) is 18.8. The van der Waals surface area contributed by atoms with Gasteiger partial charge >= 0.3 is 0 Å². The van der Waals surface area contributed by atoms with Crippen LogP contribution in [0.5, 0.6) is 0 Å². The first-order valence-electron chi connectivity index (χ1n) is 6.88. The quantitative estimate of drug-likeness (QED) is 0.664. The van der Waals surface area contributed by atoms with Crippen LogP contribution in [0.4, 0.5) is 15.8 Å². The van der Waals surface area contributed by atoms with Crippen LogP contribution in [0.2, 0.25) is 0 Å². The first-order valence-corrected chi connectivity index (χ1v) is 6.88. The number of ether oxygens (including phenoxy) is 1. The molecule has 6 heteroatoms. The molecule has 0 aliphatic carbocycles. The van der Waals surface area contributed by atoms with E-state index in [0.717, 1.165) is 31.9 Å². The lowest BCUT2D eigenvalue weighted by Crippen LogP contribution is -2.22. The van der Waals surface area contributed by atoms with Gasteiger partial charge in [-0.05, 0) is 44.2 Å². The predicted molar refractivity (Wildman–Crippen MR) is 74.5 cm³/mol. The van der Waals surface area contributed by atoms with E-state index in [9.17, 15) is 14.5 Å². The third kappa shape index (κ3) is 3.66. The molecule has 1 saturated heterocycles. The molecule has 1 unspecified atom stereocenters. The molecule has 20 heavy (non-hydrogen) atoms. The van der Waals surface area contributed by atoms with Gasteiger partial charge < -0.3 is 10.1 Å². The number of hydrogen-bond donors (Lipinski definition) is 1. The van der Waals surface area contributed by atoms with Gasteiger partial charge in [0.15, 0.2) is 0 Å². The number of nitro groups is 1. The summed E-state index contributed by atoms with van der Waals surface area (Å²) in [5.41, 5.74) is 0.536. The van der Waals surface area contributed by atoms with Crippen molar-refractivity contribution in [2.24, 2.45) is 0 Å². The summed E-state index contributed by atoms with van der Waals surface area (Å²) in [6, 6.07) is 2.45. The van der Waals surface area contributed by atoms with E-state index in [-0.39, 0.29) is 11.8 Å². The molecule has 1 atom stereocenters. The molecule has 0 spiro atoms. The highest BCUT2D eigenvalue weighted by Gasteiger charge is 2.18. The fourth-order valence-corrected chi connectivity index (χ4v) is 2.37. The zero-order valence-corrected chi connectivity index (χ0v) is 11.5. The largest absolute Gasteiger partial charge is 0.379 e. The van der Waals surface area contributed by atoms with E-state index < -0.39 is 10.7 Å². The minimum atomic E-state index is -0.567. The SMILES string of the molecule is Cc1cc(NCCC2CCCCO2)c([N+](=O)[O-])cc1F. The number of rotatable bonds is 5. The molecule has 1 fully saturated rings. The van der Waals surface area contributed by atoms with Gasteiger partial charge in [-0.15, -0.1) is 0 Å². The fourth-order valence-electron chi connectivity index (χ4n) is 2.37. The first kappa shape index (κ1) is 14.7. The van der Waals surface area contributed by atoms with Crippen molar-refractivity contribution in [1.82, 2.24) is 0 Å². The van der Waals surface area contributed by atoms with E-state index in [1.807, 2.05) is 0 Å². The molecule has 1 aromatic rings. The predicted octanol–water partition coefficient (Wildman–Crippen LogP) is 3.41. The van der Waals surface area contributed by atoms with Crippen LogP contribution in [0, 0.1) is 22.9 Å². The van der Waals surface area contributed by atoms with Gasteiger partial charge in [-0.2, -0.15) is 0 Å². The number of nitrogens with one attached hydrogen (secondary N) is 1. The zero-order chi connectivity index (χ0) is 14.5. The van der Waals surface area contributed by atoms with Crippen molar-refractivity contribution < 1.29 is 14.1 Å². The van der Waals surface area contributed by atoms with Gasteiger partial charge in [0.1, 0.15) is 11.5 Å². The summed E-state index contributed by atoms with van der Waals surface area (Å²) in [7, 11) is 0. The molecule has 110 valence electrons. The molecule has 0 saturated carbocycles. The summed E-state index contributed by atoms with van der Waals surface area (Å²) in [5, 5.41) is 13.9. The summed E-state index contributed by atoms with van der Waals surface area (Å²) in [6.45, 7) is 2.96. The average Bonchev–Trinajstić information content (AvgIpc) is 2.43. The number of benzene rings is 1. The van der Waals surface area contributed by atoms with Crippen LogP contribution >= 0.6 is 0 Å². The van der Waals surface area contributed by atoms with E-state index in [1.54, 1.807) is 6.92 Å². The van der Waals surface area contributed by atoms with Gasteiger partial charge in [0.05, 0.1) is 17.1 Å². The molecule has 2 rings (SSSR count). The number of nitro benzene ring substituents is 1. The lowest BCUT2D eigenvalue weighted by molar-refractivity contribution is -0.384. The van der Waals surface area contributed by atoms with E-state index >= 15 is 0 Å². The van der Waals surface area contributed by atoms with Gasteiger partial charge in [-0.1, -0.05) is 0 Å². The van der Waals surface area contributed by atoms with Crippen LogP contribution in [0.25, 0.3) is 0 Å². The van der Waals surface area contributed by atoms with E-state index in [1.165, 1.54) is 12.5 Å². The minimum absolute atomic E-state index is 0.219. The number of anilines is 1. The highest BCUT2D eigenvalue weighted by Crippen LogP contribution is 2.27. The summed E-state index contributed by atoms with van der Waals surface area (Å²) < 4.78 is 19.0. The van der Waals surface area contributed by atoms with Crippen molar-refractivity contribution in [3.05, 3.63) is 33.6 Å². The van der Waals surface area contributed by atoms with Gasteiger partial charge in [0.25, 0.3) is 5.69 Å². The summed E-state index contributed by atoms with van der Waals surface area (Å²) in [4.78, 5) is 10.4. The Bertz CT molecular complexity index is 488. The second kappa shape index (κ2) is 6.65. The Labute approximate surface area is 117 Å². The van der Waals surface area contributed by atoms with Crippen LogP contribution in [0.15, 0.2) is 12.1 Å². The van der Waals surface area contributed by atoms with Crippen LogP contribution in [0.1, 0.15) is 31.2 Å². The molecule has 0 bridgehead atoms. The number of hydrogen-bond acceptors (Lipinski definition) is 4. The Morgan fingerprint density at radius 2 is 2.30 bits per heavy atom. The molecule has 0 radical (unpaired) electrons. The molecule has 1 aliphatic heterocycles. The smallest absolute Gasteiger partial charge is 0.295 e. The van der Waals surface area contributed by atoms with Crippen LogP contribution < -0.4 is 5.32 Å². The molecule has 1 aliphatic rings. The van der Waals surface area contributed by atoms with Crippen molar-refractivity contribution in [2.45, 2.75) is 38.7 Å². The monoisotopic (exact) mass is 282 g/mol. The fraction of sp³-hybridized carbons (Fsp3) is 0.571. The second-order valence-corrected chi connectivity index (χ2v) is 5.08. The maximum atomic E-state index is 13.4. The molecule has 1 N–H and O–H groups in total. The van der Waals surface area contributed by atoms with Gasteiger partial charge in [-0.3, -0.25) is 10.1 Å². The maximum absolute atomic E-state index is 13.4. The minimum Gasteiger partial charge on any atom is -0.379 e. The number of aryl methyl sites for hydroxylation is 1. The lowest BCUT2D eigenvalue weighted by atomic mass is 10.1. The Balaban J connectivity index is 1.97. The number of nitrogens with zero attached hydrogens (tertiary/aromatic N) is 1. The Morgan fingerprint density at radius 3 is 2.95 bits per heavy atom. The molecule has 5 nitrogen and oxygen atoms in total. The van der Waals surface area contributed by atoms with Crippen molar-refractivity contribution in [3.63, 3.8) is 0 Å². The van der Waals surface area contributed by atoms with E-state index in [2.05, 4.69) is 5.32 Å². The van der Waals surface area contributed by atoms with Crippen molar-refractivity contribution in [3.8, 4) is 0 Å². The van der Waals surface area contributed by atoms with Gasteiger partial charge in [0, 0.05) is 13.2 Å². The van der Waals surface area contributed by atoms with E-state index in [0.29, 0.717) is 17.8 Å². The standard InChI is InChI=1S/C14H19FN2O3/c1-10-8-13(14(17(18)19)9-12(10)15)16-6-5-11-4-2-3-7-20-11/h8-9,11,16H,2-7H2,1H3. The van der Waals surface area contributed by atoms with Gasteiger partial charge in [0.2, 0.25) is 0 Å². The Morgan fingerprint density at radius 1 is 1.50 bits per heavy atom. The summed E-state index contributed by atoms with van der Waals surface area (Å²) >= 11 is 0. The summed E-state index contributed by atoms with van der Waals surface area (Å²) in [5.74, 6) is -0.558. The van der Waals surface area contributed by atoms with Crippen molar-refractivity contribution in [2.75, 3.05) is 18.5 Å².